The Morgan fingerprint density at radius 2 is 1.88 bits per heavy atom. The molecule has 0 spiro atoms. The average Bonchev–Trinajstić information content (AvgIpc) is 1.89. The predicted octanol–water partition coefficient (Wildman–Crippen LogP) is 2.10. The SMILES string of the molecule is Cc1c2cccc1O2. The van der Waals surface area contributed by atoms with Gasteiger partial charge in [0.05, 0.1) is 0 Å². The summed E-state index contributed by atoms with van der Waals surface area (Å²) in [5, 5.41) is 0. The van der Waals surface area contributed by atoms with Crippen LogP contribution >= 0.6 is 0 Å². The Morgan fingerprint density at radius 1 is 1.25 bits per heavy atom. The summed E-state index contributed by atoms with van der Waals surface area (Å²) in [5.74, 6) is 2.06. The normalized spacial score (nSPS) is 12.1. The fourth-order valence-corrected chi connectivity index (χ4v) is 0.888. The molecule has 0 saturated heterocycles. The van der Waals surface area contributed by atoms with Crippen LogP contribution in [0.3, 0.4) is 0 Å². The van der Waals surface area contributed by atoms with Crippen molar-refractivity contribution >= 4 is 0 Å². The molecule has 1 heteroatoms. The second kappa shape index (κ2) is 1.05. The van der Waals surface area contributed by atoms with E-state index in [1.54, 1.807) is 0 Å². The van der Waals surface area contributed by atoms with Gasteiger partial charge in [0.25, 0.3) is 0 Å². The minimum absolute atomic E-state index is 1.03. The highest BCUT2D eigenvalue weighted by atomic mass is 16.5. The Hall–Kier alpha value is -0.980. The van der Waals surface area contributed by atoms with Crippen LogP contribution in [-0.4, -0.2) is 0 Å². The summed E-state index contributed by atoms with van der Waals surface area (Å²) in [5.41, 5.74) is 1.28. The molecular formula is C7H6O. The molecule has 2 heterocycles. The lowest BCUT2D eigenvalue weighted by Crippen LogP contribution is -1.98. The molecule has 1 aromatic rings. The summed E-state index contributed by atoms with van der Waals surface area (Å²) in [4.78, 5) is 0. The molecule has 0 amide bonds. The van der Waals surface area contributed by atoms with Gasteiger partial charge in [0.2, 0.25) is 0 Å². The van der Waals surface area contributed by atoms with Crippen LogP contribution in [0.25, 0.3) is 0 Å². The van der Waals surface area contributed by atoms with Gasteiger partial charge in [-0.05, 0) is 19.1 Å². The Bertz CT molecular complexity index is 208. The van der Waals surface area contributed by atoms with Crippen molar-refractivity contribution < 1.29 is 4.74 Å². The molecule has 8 heavy (non-hydrogen) atoms. The third kappa shape index (κ3) is 0.280. The first-order valence-corrected chi connectivity index (χ1v) is 2.65. The third-order valence-corrected chi connectivity index (χ3v) is 1.45. The fraction of sp³-hybridized carbons (Fsp3) is 0.143. The van der Waals surface area contributed by atoms with E-state index in [-0.39, 0.29) is 0 Å². The van der Waals surface area contributed by atoms with Gasteiger partial charge in [-0.2, -0.15) is 0 Å². The molecule has 0 radical (unpaired) electrons. The summed E-state index contributed by atoms with van der Waals surface area (Å²) in [7, 11) is 0. The largest absolute Gasteiger partial charge is 0.457 e. The van der Waals surface area contributed by atoms with E-state index in [0.29, 0.717) is 0 Å². The van der Waals surface area contributed by atoms with E-state index in [4.69, 9.17) is 4.74 Å². The summed E-state index contributed by atoms with van der Waals surface area (Å²) < 4.78 is 5.14. The van der Waals surface area contributed by atoms with Gasteiger partial charge in [0.1, 0.15) is 11.5 Å². The van der Waals surface area contributed by atoms with Gasteiger partial charge in [-0.1, -0.05) is 6.07 Å². The van der Waals surface area contributed by atoms with Crippen LogP contribution in [0.1, 0.15) is 5.56 Å². The van der Waals surface area contributed by atoms with E-state index in [2.05, 4.69) is 6.92 Å². The van der Waals surface area contributed by atoms with Gasteiger partial charge in [-0.3, -0.25) is 0 Å². The number of hydrogen-bond acceptors (Lipinski definition) is 1. The third-order valence-electron chi connectivity index (χ3n) is 1.45. The highest BCUT2D eigenvalue weighted by molar-refractivity contribution is 5.53. The molecule has 0 atom stereocenters. The molecule has 40 valence electrons. The molecular weight excluding hydrogens is 100 g/mol. The van der Waals surface area contributed by atoms with E-state index < -0.39 is 0 Å². The first-order chi connectivity index (χ1) is 3.88. The van der Waals surface area contributed by atoms with Crippen molar-refractivity contribution in [2.24, 2.45) is 0 Å². The van der Waals surface area contributed by atoms with E-state index in [9.17, 15) is 0 Å². The van der Waals surface area contributed by atoms with Crippen molar-refractivity contribution in [1.29, 1.82) is 0 Å². The number of hydrogen-bond donors (Lipinski definition) is 0. The monoisotopic (exact) mass is 106 g/mol. The zero-order valence-corrected chi connectivity index (χ0v) is 4.64. The molecule has 0 aliphatic carbocycles. The van der Waals surface area contributed by atoms with Gasteiger partial charge in [0.15, 0.2) is 0 Å². The Morgan fingerprint density at radius 3 is 2.12 bits per heavy atom. The Kier molecular flexibility index (Phi) is 0.519. The van der Waals surface area contributed by atoms with Gasteiger partial charge in [0, 0.05) is 5.56 Å². The number of fused-ring (bicyclic) bond motifs is 2. The molecule has 2 aliphatic heterocycles. The predicted molar refractivity (Wildman–Crippen MR) is 31.3 cm³/mol. The van der Waals surface area contributed by atoms with Crippen molar-refractivity contribution in [2.75, 3.05) is 0 Å². The minimum Gasteiger partial charge on any atom is -0.457 e. The summed E-state index contributed by atoms with van der Waals surface area (Å²) in [6.07, 6.45) is 0. The first kappa shape index (κ1) is 3.96. The highest BCUT2D eigenvalue weighted by Crippen LogP contribution is 2.40. The molecule has 2 bridgehead atoms. The van der Waals surface area contributed by atoms with Crippen molar-refractivity contribution in [1.82, 2.24) is 0 Å². The van der Waals surface area contributed by atoms with E-state index >= 15 is 0 Å². The maximum Gasteiger partial charge on any atom is 0.134 e. The zero-order valence-electron chi connectivity index (χ0n) is 4.64. The molecule has 0 aromatic heterocycles. The van der Waals surface area contributed by atoms with E-state index in [1.165, 1.54) is 5.56 Å². The van der Waals surface area contributed by atoms with E-state index in [0.717, 1.165) is 11.5 Å². The van der Waals surface area contributed by atoms with Gasteiger partial charge >= 0.3 is 0 Å². The van der Waals surface area contributed by atoms with Crippen LogP contribution in [0, 0.1) is 6.92 Å². The molecule has 3 rings (SSSR count). The maximum absolute atomic E-state index is 5.14. The fourth-order valence-electron chi connectivity index (χ4n) is 0.888. The van der Waals surface area contributed by atoms with Crippen molar-refractivity contribution in [3.05, 3.63) is 23.8 Å². The standard InChI is InChI=1S/C7H6O/c1-5-6-3-2-4-7(5)8-6/h2-4H,1H3. The maximum atomic E-state index is 5.14. The van der Waals surface area contributed by atoms with Crippen molar-refractivity contribution in [3.8, 4) is 11.5 Å². The molecule has 0 unspecified atom stereocenters. The summed E-state index contributed by atoms with van der Waals surface area (Å²) >= 11 is 0. The molecule has 0 N–H and O–H groups in total. The van der Waals surface area contributed by atoms with Crippen LogP contribution in [0.2, 0.25) is 0 Å². The Balaban J connectivity index is 2.75. The quantitative estimate of drug-likeness (QED) is 0.499. The molecule has 1 aromatic carbocycles. The second-order valence-corrected chi connectivity index (χ2v) is 1.98. The van der Waals surface area contributed by atoms with E-state index in [1.807, 2.05) is 18.2 Å². The lowest BCUT2D eigenvalue weighted by atomic mass is 10.1. The van der Waals surface area contributed by atoms with Crippen LogP contribution in [0.4, 0.5) is 0 Å². The summed E-state index contributed by atoms with van der Waals surface area (Å²) in [6, 6.07) is 5.95. The Labute approximate surface area is 47.9 Å². The molecule has 1 nitrogen and oxygen atoms in total. The molecule has 2 aliphatic rings. The molecule has 0 fully saturated rings. The summed E-state index contributed by atoms with van der Waals surface area (Å²) in [6.45, 7) is 2.06. The lowest BCUT2D eigenvalue weighted by Gasteiger charge is -2.20. The van der Waals surface area contributed by atoms with Crippen LogP contribution in [0.5, 0.6) is 11.5 Å². The van der Waals surface area contributed by atoms with Gasteiger partial charge in [-0.25, -0.2) is 0 Å². The van der Waals surface area contributed by atoms with Crippen LogP contribution in [-0.2, 0) is 0 Å². The molecule has 0 saturated carbocycles. The van der Waals surface area contributed by atoms with Crippen LogP contribution < -0.4 is 4.74 Å². The van der Waals surface area contributed by atoms with Gasteiger partial charge < -0.3 is 4.74 Å². The van der Waals surface area contributed by atoms with Crippen LogP contribution in [0.15, 0.2) is 18.2 Å². The highest BCUT2D eigenvalue weighted by Gasteiger charge is 2.15. The number of benzene rings is 1. The zero-order chi connectivity index (χ0) is 5.56. The number of rotatable bonds is 0. The first-order valence-electron chi connectivity index (χ1n) is 2.65. The average molecular weight is 106 g/mol. The minimum atomic E-state index is 1.03. The number of ether oxygens (including phenoxy) is 1. The van der Waals surface area contributed by atoms with Crippen molar-refractivity contribution in [3.63, 3.8) is 0 Å². The van der Waals surface area contributed by atoms with Crippen molar-refractivity contribution in [2.45, 2.75) is 6.92 Å². The number of aryl methyl sites for hydroxylation is 1. The smallest absolute Gasteiger partial charge is 0.134 e. The lowest BCUT2D eigenvalue weighted by molar-refractivity contribution is 0.426. The second-order valence-electron chi connectivity index (χ2n) is 1.98. The topological polar surface area (TPSA) is 9.23 Å². The van der Waals surface area contributed by atoms with Gasteiger partial charge in [-0.15, -0.1) is 0 Å².